The van der Waals surface area contributed by atoms with E-state index in [1.807, 2.05) is 61.5 Å². The highest BCUT2D eigenvalue weighted by Crippen LogP contribution is 2.31. The molecule has 0 bridgehead atoms. The van der Waals surface area contributed by atoms with E-state index in [0.29, 0.717) is 13.0 Å². The number of carboxylic acid groups (broad SMARTS) is 1. The van der Waals surface area contributed by atoms with Gasteiger partial charge in [0.25, 0.3) is 0 Å². The molecule has 0 aliphatic carbocycles. The molecule has 0 spiro atoms. The van der Waals surface area contributed by atoms with E-state index in [1.165, 1.54) is 0 Å². The average Bonchev–Trinajstić information content (AvgIpc) is 2.53. The number of hydrogen-bond donors (Lipinski definition) is 1. The number of hydrogen-bond acceptors (Lipinski definition) is 3. The van der Waals surface area contributed by atoms with Crippen molar-refractivity contribution in [3.8, 4) is 0 Å². The number of benzene rings is 2. The largest absolute Gasteiger partial charge is 0.479 e. The molecule has 0 amide bonds. The fraction of sp³-hybridized carbons (Fsp3) is 0.278. The summed E-state index contributed by atoms with van der Waals surface area (Å²) in [4.78, 5) is 13.6. The molecule has 1 N–H and O–H groups in total. The zero-order valence-electron chi connectivity index (χ0n) is 12.6. The van der Waals surface area contributed by atoms with E-state index >= 15 is 0 Å². The second-order valence-electron chi connectivity index (χ2n) is 4.92. The van der Waals surface area contributed by atoms with Gasteiger partial charge in [-0.2, -0.15) is 0 Å². The molecule has 0 aliphatic rings. The van der Waals surface area contributed by atoms with E-state index in [-0.39, 0.29) is 0 Å². The first-order chi connectivity index (χ1) is 10.7. The minimum atomic E-state index is -0.909. The molecule has 3 nitrogen and oxygen atoms in total. The van der Waals surface area contributed by atoms with Crippen molar-refractivity contribution in [2.45, 2.75) is 35.7 Å². The molecule has 1 atom stereocenters. The Bertz CT molecular complexity index is 598. The standard InChI is InChI=1S/C18H20O3S/c1-2-12-21-16(18(19)20)13-14-8-6-7-11-17(14)22-15-9-4-3-5-10-15/h3-11,16H,2,12-13H2,1H3,(H,19,20)/t16-/m1/s1. The Morgan fingerprint density at radius 3 is 2.50 bits per heavy atom. The number of carboxylic acids is 1. The zero-order valence-corrected chi connectivity index (χ0v) is 13.4. The van der Waals surface area contributed by atoms with Gasteiger partial charge in [0.05, 0.1) is 0 Å². The lowest BCUT2D eigenvalue weighted by Gasteiger charge is -2.15. The summed E-state index contributed by atoms with van der Waals surface area (Å²) in [6.07, 6.45) is 0.396. The maximum atomic E-state index is 11.3. The predicted octanol–water partition coefficient (Wildman–Crippen LogP) is 4.26. The van der Waals surface area contributed by atoms with Gasteiger partial charge < -0.3 is 9.84 Å². The minimum absolute atomic E-state index is 0.380. The number of carbonyl (C=O) groups is 1. The van der Waals surface area contributed by atoms with E-state index in [4.69, 9.17) is 4.74 Å². The molecule has 0 saturated carbocycles. The summed E-state index contributed by atoms with van der Waals surface area (Å²) in [6.45, 7) is 2.43. The average molecular weight is 316 g/mol. The Hall–Kier alpha value is -1.78. The summed E-state index contributed by atoms with van der Waals surface area (Å²) in [5.74, 6) is -0.909. The summed E-state index contributed by atoms with van der Waals surface area (Å²) in [5, 5.41) is 9.31. The predicted molar refractivity (Wildman–Crippen MR) is 88.4 cm³/mol. The van der Waals surface area contributed by atoms with Crippen LogP contribution in [0.15, 0.2) is 64.4 Å². The molecule has 0 saturated heterocycles. The first kappa shape index (κ1) is 16.6. The molecular weight excluding hydrogens is 296 g/mol. The van der Waals surface area contributed by atoms with Crippen molar-refractivity contribution in [1.29, 1.82) is 0 Å². The van der Waals surface area contributed by atoms with Crippen LogP contribution < -0.4 is 0 Å². The van der Waals surface area contributed by atoms with Crippen molar-refractivity contribution < 1.29 is 14.6 Å². The van der Waals surface area contributed by atoms with Crippen LogP contribution in [0.1, 0.15) is 18.9 Å². The van der Waals surface area contributed by atoms with Gasteiger partial charge in [0.15, 0.2) is 6.10 Å². The van der Waals surface area contributed by atoms with E-state index in [1.54, 1.807) is 11.8 Å². The molecule has 22 heavy (non-hydrogen) atoms. The van der Waals surface area contributed by atoms with Crippen molar-refractivity contribution in [2.24, 2.45) is 0 Å². The molecular formula is C18H20O3S. The van der Waals surface area contributed by atoms with Gasteiger partial charge in [0.2, 0.25) is 0 Å². The van der Waals surface area contributed by atoms with Crippen molar-refractivity contribution in [1.82, 2.24) is 0 Å². The summed E-state index contributed by atoms with van der Waals surface area (Å²) in [7, 11) is 0. The maximum Gasteiger partial charge on any atom is 0.333 e. The first-order valence-corrected chi connectivity index (χ1v) is 8.17. The SMILES string of the molecule is CCCO[C@H](Cc1ccccc1Sc1ccccc1)C(=O)O. The summed E-state index contributed by atoms with van der Waals surface area (Å²) in [6, 6.07) is 18.0. The highest BCUT2D eigenvalue weighted by molar-refractivity contribution is 7.99. The summed E-state index contributed by atoms with van der Waals surface area (Å²) in [5.41, 5.74) is 1.000. The molecule has 0 heterocycles. The van der Waals surface area contributed by atoms with Crippen molar-refractivity contribution in [3.63, 3.8) is 0 Å². The second kappa shape index (κ2) is 8.61. The Labute approximate surface area is 135 Å². The zero-order chi connectivity index (χ0) is 15.8. The molecule has 2 rings (SSSR count). The van der Waals surface area contributed by atoms with Crippen LogP contribution >= 0.6 is 11.8 Å². The molecule has 0 unspecified atom stereocenters. The number of ether oxygens (including phenoxy) is 1. The Balaban J connectivity index is 2.15. The molecule has 116 valence electrons. The van der Waals surface area contributed by atoms with Crippen LogP contribution in [0, 0.1) is 0 Å². The van der Waals surface area contributed by atoms with Crippen LogP contribution in [0.3, 0.4) is 0 Å². The topological polar surface area (TPSA) is 46.5 Å². The third-order valence-electron chi connectivity index (χ3n) is 3.15. The van der Waals surface area contributed by atoms with Crippen LogP contribution in [-0.2, 0) is 16.0 Å². The van der Waals surface area contributed by atoms with Gasteiger partial charge in [-0.05, 0) is 30.2 Å². The smallest absolute Gasteiger partial charge is 0.333 e. The van der Waals surface area contributed by atoms with Gasteiger partial charge in [0.1, 0.15) is 0 Å². The number of aliphatic carboxylic acids is 1. The molecule has 4 heteroatoms. The monoisotopic (exact) mass is 316 g/mol. The first-order valence-electron chi connectivity index (χ1n) is 7.36. The van der Waals surface area contributed by atoms with E-state index in [0.717, 1.165) is 21.8 Å². The second-order valence-corrected chi connectivity index (χ2v) is 6.04. The lowest BCUT2D eigenvalue weighted by Crippen LogP contribution is -2.27. The normalized spacial score (nSPS) is 12.0. The molecule has 2 aromatic carbocycles. The minimum Gasteiger partial charge on any atom is -0.479 e. The van der Waals surface area contributed by atoms with E-state index in [9.17, 15) is 9.90 Å². The third-order valence-corrected chi connectivity index (χ3v) is 4.27. The third kappa shape index (κ3) is 4.90. The Morgan fingerprint density at radius 2 is 1.82 bits per heavy atom. The van der Waals surface area contributed by atoms with Crippen LogP contribution in [0.2, 0.25) is 0 Å². The molecule has 0 aliphatic heterocycles. The van der Waals surface area contributed by atoms with Gasteiger partial charge in [0, 0.05) is 22.8 Å². The van der Waals surface area contributed by atoms with Crippen molar-refractivity contribution in [2.75, 3.05) is 6.61 Å². The Kier molecular flexibility index (Phi) is 6.49. The molecule has 0 aromatic heterocycles. The van der Waals surface area contributed by atoms with Gasteiger partial charge in [-0.3, -0.25) is 0 Å². The maximum absolute atomic E-state index is 11.3. The Morgan fingerprint density at radius 1 is 1.14 bits per heavy atom. The summed E-state index contributed by atoms with van der Waals surface area (Å²) < 4.78 is 5.45. The van der Waals surface area contributed by atoms with Gasteiger partial charge >= 0.3 is 5.97 Å². The molecule has 0 radical (unpaired) electrons. The van der Waals surface area contributed by atoms with E-state index < -0.39 is 12.1 Å². The number of rotatable bonds is 8. The highest BCUT2D eigenvalue weighted by atomic mass is 32.2. The fourth-order valence-corrected chi connectivity index (χ4v) is 3.04. The molecule has 2 aromatic rings. The van der Waals surface area contributed by atoms with Gasteiger partial charge in [-0.25, -0.2) is 4.79 Å². The van der Waals surface area contributed by atoms with Crippen LogP contribution in [0.25, 0.3) is 0 Å². The molecule has 0 fully saturated rings. The van der Waals surface area contributed by atoms with E-state index in [2.05, 4.69) is 0 Å². The quantitative estimate of drug-likeness (QED) is 0.790. The lowest BCUT2D eigenvalue weighted by atomic mass is 10.1. The van der Waals surface area contributed by atoms with Gasteiger partial charge in [-0.1, -0.05) is 55.1 Å². The van der Waals surface area contributed by atoms with Crippen molar-refractivity contribution in [3.05, 3.63) is 60.2 Å². The van der Waals surface area contributed by atoms with Crippen LogP contribution in [0.5, 0.6) is 0 Å². The lowest BCUT2D eigenvalue weighted by molar-refractivity contribution is -0.150. The highest BCUT2D eigenvalue weighted by Gasteiger charge is 2.20. The fourth-order valence-electron chi connectivity index (χ4n) is 2.06. The summed E-state index contributed by atoms with van der Waals surface area (Å²) >= 11 is 1.64. The van der Waals surface area contributed by atoms with Gasteiger partial charge in [-0.15, -0.1) is 0 Å². The van der Waals surface area contributed by atoms with Crippen LogP contribution in [0.4, 0.5) is 0 Å². The van der Waals surface area contributed by atoms with Crippen molar-refractivity contribution >= 4 is 17.7 Å². The van der Waals surface area contributed by atoms with Crippen LogP contribution in [-0.4, -0.2) is 23.8 Å².